The van der Waals surface area contributed by atoms with Crippen molar-refractivity contribution in [2.75, 3.05) is 0 Å². The van der Waals surface area contributed by atoms with E-state index < -0.39 is 11.8 Å². The number of aromatic amines is 1. The van der Waals surface area contributed by atoms with Gasteiger partial charge in [0.15, 0.2) is 5.43 Å². The van der Waals surface area contributed by atoms with Gasteiger partial charge in [0, 0.05) is 22.7 Å². The van der Waals surface area contributed by atoms with Crippen LogP contribution in [0, 0.1) is 0 Å². The zero-order chi connectivity index (χ0) is 16.3. The summed E-state index contributed by atoms with van der Waals surface area (Å²) in [7, 11) is 0. The van der Waals surface area contributed by atoms with Gasteiger partial charge in [-0.15, -0.1) is 0 Å². The number of aromatic nitrogens is 1. The molecule has 22 heavy (non-hydrogen) atoms. The average molecular weight is 296 g/mol. The average Bonchev–Trinajstić information content (AvgIpc) is 2.46. The summed E-state index contributed by atoms with van der Waals surface area (Å²) in [4.78, 5) is 27.2. The van der Waals surface area contributed by atoms with Gasteiger partial charge >= 0.3 is 0 Å². The second-order valence-electron chi connectivity index (χ2n) is 5.57. The second-order valence-corrected chi connectivity index (χ2v) is 5.57. The van der Waals surface area contributed by atoms with Crippen molar-refractivity contribution in [3.8, 4) is 0 Å². The Morgan fingerprint density at radius 3 is 2.68 bits per heavy atom. The number of nitrogens with two attached hydrogens (primary N) is 1. The number of hydrogen-bond acceptors (Lipinski definition) is 2. The summed E-state index contributed by atoms with van der Waals surface area (Å²) < 4.78 is 0. The molecule has 1 atom stereocenters. The highest BCUT2D eigenvalue weighted by atomic mass is 16.1. The van der Waals surface area contributed by atoms with Crippen LogP contribution < -0.4 is 11.2 Å². The van der Waals surface area contributed by atoms with Crippen LogP contribution in [0.3, 0.4) is 0 Å². The maximum Gasteiger partial charge on any atom is 0.226 e. The van der Waals surface area contributed by atoms with E-state index >= 15 is 0 Å². The Labute approximate surface area is 129 Å². The van der Waals surface area contributed by atoms with Crippen LogP contribution in [0.2, 0.25) is 0 Å². The Bertz CT molecular complexity index is 811. The molecule has 0 radical (unpaired) electrons. The fraction of sp³-hybridized carbons (Fsp3) is 0.222. The van der Waals surface area contributed by atoms with Crippen molar-refractivity contribution in [1.82, 2.24) is 4.98 Å². The Morgan fingerprint density at radius 1 is 1.36 bits per heavy atom. The van der Waals surface area contributed by atoms with Crippen molar-refractivity contribution in [3.05, 3.63) is 64.0 Å². The summed E-state index contributed by atoms with van der Waals surface area (Å²) >= 11 is 0. The normalized spacial score (nSPS) is 11.9. The number of pyridine rings is 1. The van der Waals surface area contributed by atoms with E-state index in [1.165, 1.54) is 6.07 Å². The lowest BCUT2D eigenvalue weighted by Gasteiger charge is -2.13. The summed E-state index contributed by atoms with van der Waals surface area (Å²) in [6.45, 7) is 7.61. The van der Waals surface area contributed by atoms with Crippen molar-refractivity contribution < 1.29 is 4.79 Å². The van der Waals surface area contributed by atoms with Gasteiger partial charge in [0.1, 0.15) is 0 Å². The third-order valence-corrected chi connectivity index (χ3v) is 3.59. The molecule has 0 fully saturated rings. The van der Waals surface area contributed by atoms with Crippen LogP contribution >= 0.6 is 0 Å². The summed E-state index contributed by atoms with van der Waals surface area (Å²) in [6, 6.07) is 6.92. The first-order valence-corrected chi connectivity index (χ1v) is 7.14. The lowest BCUT2D eigenvalue weighted by molar-refractivity contribution is -0.119. The van der Waals surface area contributed by atoms with Crippen LogP contribution in [-0.4, -0.2) is 10.9 Å². The quantitative estimate of drug-likeness (QED) is 0.832. The molecule has 0 bridgehead atoms. The maximum absolute atomic E-state index is 12.3. The topological polar surface area (TPSA) is 76.0 Å². The number of carbonyl (C=O) groups is 1. The standard InChI is InChI=1S/C18H20N2O2/c1-4-12-6-8-15-14(9-12)17(21)10-16(20-15)13(18(19)22)7-5-11(2)3/h4-6,8-10,13H,1,7H2,2-3H3,(H2,19,22)(H,20,21)/t13-/m1/s1. The van der Waals surface area contributed by atoms with Gasteiger partial charge in [-0.25, -0.2) is 0 Å². The van der Waals surface area contributed by atoms with Gasteiger partial charge in [-0.05, 0) is 38.0 Å². The summed E-state index contributed by atoms with van der Waals surface area (Å²) in [5.74, 6) is -0.985. The Kier molecular flexibility index (Phi) is 4.61. The first-order chi connectivity index (χ1) is 10.4. The van der Waals surface area contributed by atoms with E-state index in [2.05, 4.69) is 11.6 Å². The molecule has 114 valence electrons. The number of primary amides is 1. The minimum absolute atomic E-state index is 0.129. The third-order valence-electron chi connectivity index (χ3n) is 3.59. The molecule has 0 spiro atoms. The van der Waals surface area contributed by atoms with Gasteiger partial charge in [-0.3, -0.25) is 9.59 Å². The number of rotatable bonds is 5. The molecule has 0 saturated heterocycles. The molecule has 0 aliphatic heterocycles. The number of hydrogen-bond donors (Lipinski definition) is 2. The summed E-state index contributed by atoms with van der Waals surface area (Å²) in [5, 5.41) is 0.576. The lowest BCUT2D eigenvalue weighted by atomic mass is 9.97. The van der Waals surface area contributed by atoms with E-state index in [-0.39, 0.29) is 5.43 Å². The predicted molar refractivity (Wildman–Crippen MR) is 90.6 cm³/mol. The molecule has 4 nitrogen and oxygen atoms in total. The minimum Gasteiger partial charge on any atom is -0.369 e. The van der Waals surface area contributed by atoms with Crippen LogP contribution in [0.5, 0.6) is 0 Å². The predicted octanol–water partition coefficient (Wildman–Crippen LogP) is 3.10. The molecule has 0 unspecified atom stereocenters. The molecule has 2 aromatic rings. The first kappa shape index (κ1) is 15.8. The first-order valence-electron chi connectivity index (χ1n) is 7.14. The molecule has 0 aliphatic carbocycles. The Morgan fingerprint density at radius 2 is 2.09 bits per heavy atom. The van der Waals surface area contributed by atoms with E-state index in [0.29, 0.717) is 23.0 Å². The fourth-order valence-corrected chi connectivity index (χ4v) is 2.35. The molecule has 1 aromatic carbocycles. The molecule has 1 aromatic heterocycles. The van der Waals surface area contributed by atoms with E-state index in [9.17, 15) is 9.59 Å². The van der Waals surface area contributed by atoms with E-state index in [1.807, 2.05) is 32.1 Å². The second kappa shape index (κ2) is 6.43. The van der Waals surface area contributed by atoms with Crippen LogP contribution in [0.4, 0.5) is 0 Å². The van der Waals surface area contributed by atoms with E-state index in [0.717, 1.165) is 11.1 Å². The smallest absolute Gasteiger partial charge is 0.226 e. The number of nitrogens with one attached hydrogen (secondary N) is 1. The summed E-state index contributed by atoms with van der Waals surface area (Å²) in [6.07, 6.45) is 4.11. The SMILES string of the molecule is C=Cc1ccc2[nH]c([C@@H](CC=C(C)C)C(N)=O)cc(=O)c2c1. The molecule has 2 rings (SSSR count). The number of carbonyl (C=O) groups excluding carboxylic acids is 1. The van der Waals surface area contributed by atoms with Gasteiger partial charge in [-0.1, -0.05) is 30.4 Å². The molecule has 1 heterocycles. The number of H-pyrrole nitrogens is 1. The van der Waals surface area contributed by atoms with E-state index in [4.69, 9.17) is 5.73 Å². The van der Waals surface area contributed by atoms with Gasteiger partial charge in [0.25, 0.3) is 0 Å². The largest absolute Gasteiger partial charge is 0.369 e. The summed E-state index contributed by atoms with van der Waals surface area (Å²) in [5.41, 5.74) is 8.58. The molecular weight excluding hydrogens is 276 g/mol. The van der Waals surface area contributed by atoms with Gasteiger partial charge < -0.3 is 10.7 Å². The number of benzene rings is 1. The highest BCUT2D eigenvalue weighted by Gasteiger charge is 2.18. The third kappa shape index (κ3) is 3.34. The fourth-order valence-electron chi connectivity index (χ4n) is 2.35. The molecular formula is C18H20N2O2. The zero-order valence-corrected chi connectivity index (χ0v) is 12.8. The van der Waals surface area contributed by atoms with Gasteiger partial charge in [0.05, 0.1) is 5.92 Å². The molecule has 0 aliphatic rings. The number of amides is 1. The maximum atomic E-state index is 12.3. The molecule has 4 heteroatoms. The molecule has 1 amide bonds. The van der Waals surface area contributed by atoms with Crippen molar-refractivity contribution in [2.45, 2.75) is 26.2 Å². The van der Waals surface area contributed by atoms with Gasteiger partial charge in [-0.2, -0.15) is 0 Å². The lowest BCUT2D eigenvalue weighted by Crippen LogP contribution is -2.23. The van der Waals surface area contributed by atoms with Crippen molar-refractivity contribution in [3.63, 3.8) is 0 Å². The van der Waals surface area contributed by atoms with Gasteiger partial charge in [0.2, 0.25) is 5.91 Å². The Balaban J connectivity index is 2.55. The van der Waals surface area contributed by atoms with Crippen LogP contribution in [0.1, 0.15) is 37.4 Å². The van der Waals surface area contributed by atoms with Crippen LogP contribution in [0.15, 0.2) is 47.3 Å². The highest BCUT2D eigenvalue weighted by Crippen LogP contribution is 2.20. The Hall–Kier alpha value is -2.62. The van der Waals surface area contributed by atoms with Crippen molar-refractivity contribution in [2.24, 2.45) is 5.73 Å². The molecule has 3 N–H and O–H groups in total. The minimum atomic E-state index is -0.536. The molecule has 0 saturated carbocycles. The number of fused-ring (bicyclic) bond motifs is 1. The highest BCUT2D eigenvalue weighted by molar-refractivity contribution is 5.84. The van der Waals surface area contributed by atoms with E-state index in [1.54, 1.807) is 12.1 Å². The van der Waals surface area contributed by atoms with Crippen LogP contribution in [0.25, 0.3) is 17.0 Å². The van der Waals surface area contributed by atoms with Crippen molar-refractivity contribution >= 4 is 22.9 Å². The van der Waals surface area contributed by atoms with Crippen LogP contribution in [-0.2, 0) is 4.79 Å². The number of allylic oxidation sites excluding steroid dienone is 2. The van der Waals surface area contributed by atoms with Crippen molar-refractivity contribution in [1.29, 1.82) is 0 Å². The monoisotopic (exact) mass is 296 g/mol. The zero-order valence-electron chi connectivity index (χ0n) is 12.8.